The summed E-state index contributed by atoms with van der Waals surface area (Å²) in [6.45, 7) is 1.03. The molecule has 1 N–H and O–H groups in total. The molecule has 0 radical (unpaired) electrons. The summed E-state index contributed by atoms with van der Waals surface area (Å²) in [7, 11) is 0. The van der Waals surface area contributed by atoms with Crippen LogP contribution in [0.2, 0.25) is 0 Å². The van der Waals surface area contributed by atoms with E-state index in [0.29, 0.717) is 0 Å². The number of aromatic nitrogens is 1. The van der Waals surface area contributed by atoms with Gasteiger partial charge in [0.1, 0.15) is 0 Å². The van der Waals surface area contributed by atoms with Crippen LogP contribution in [0.5, 0.6) is 0 Å². The Hall–Kier alpha value is -1.59. The molecule has 1 heterocycles. The third-order valence-corrected chi connectivity index (χ3v) is 2.16. The van der Waals surface area contributed by atoms with Crippen LogP contribution in [0.15, 0.2) is 18.3 Å². The van der Waals surface area contributed by atoms with E-state index < -0.39 is 18.1 Å². The molecule has 3 nitrogen and oxygen atoms in total. The average Bonchev–Trinajstić information content (AvgIpc) is 2.14. The quantitative estimate of drug-likeness (QED) is 0.871. The van der Waals surface area contributed by atoms with E-state index in [4.69, 9.17) is 5.11 Å². The number of nitrogens with zero attached hydrogens (tertiary/aromatic N) is 1. The molecular formula is C10H10F3NO2. The molecule has 16 heavy (non-hydrogen) atoms. The van der Waals surface area contributed by atoms with Crippen molar-refractivity contribution in [2.75, 3.05) is 0 Å². The van der Waals surface area contributed by atoms with Gasteiger partial charge in [0.05, 0.1) is 18.0 Å². The van der Waals surface area contributed by atoms with Crippen molar-refractivity contribution in [3.05, 3.63) is 29.6 Å². The summed E-state index contributed by atoms with van der Waals surface area (Å²) in [5.74, 6) is -2.74. The summed E-state index contributed by atoms with van der Waals surface area (Å²) in [4.78, 5) is 14.1. The predicted octanol–water partition coefficient (Wildman–Crippen LogP) is 2.37. The molecule has 0 aliphatic carbocycles. The molecule has 1 unspecified atom stereocenters. The van der Waals surface area contributed by atoms with E-state index in [1.165, 1.54) is 18.3 Å². The van der Waals surface area contributed by atoms with Crippen molar-refractivity contribution in [1.82, 2.24) is 4.98 Å². The number of alkyl halides is 3. The van der Waals surface area contributed by atoms with Gasteiger partial charge in [0.25, 0.3) is 0 Å². The molecule has 6 heteroatoms. The molecule has 1 aromatic rings. The first-order valence-corrected chi connectivity index (χ1v) is 4.54. The highest BCUT2D eigenvalue weighted by Crippen LogP contribution is 2.34. The highest BCUT2D eigenvalue weighted by atomic mass is 19.4. The minimum Gasteiger partial charge on any atom is -0.481 e. The maximum Gasteiger partial charge on any atom is 0.395 e. The molecule has 1 atom stereocenters. The number of carboxylic acids is 1. The first kappa shape index (κ1) is 12.5. The summed E-state index contributed by atoms with van der Waals surface area (Å²) < 4.78 is 37.2. The molecule has 0 spiro atoms. The normalized spacial score (nSPS) is 13.5. The van der Waals surface area contributed by atoms with E-state index in [9.17, 15) is 18.0 Å². The van der Waals surface area contributed by atoms with Gasteiger partial charge in [-0.05, 0) is 24.6 Å². The van der Waals surface area contributed by atoms with Gasteiger partial charge < -0.3 is 5.11 Å². The number of hydrogen-bond donors (Lipinski definition) is 1. The van der Waals surface area contributed by atoms with Crippen LogP contribution in [-0.2, 0) is 11.2 Å². The minimum atomic E-state index is -4.33. The first-order valence-electron chi connectivity index (χ1n) is 4.54. The van der Waals surface area contributed by atoms with Gasteiger partial charge in [0.15, 0.2) is 0 Å². The second kappa shape index (κ2) is 4.51. The van der Waals surface area contributed by atoms with Crippen molar-refractivity contribution in [2.45, 2.75) is 25.4 Å². The minimum absolute atomic E-state index is 0.0266. The van der Waals surface area contributed by atoms with E-state index in [2.05, 4.69) is 4.98 Å². The Labute approximate surface area is 89.9 Å². The van der Waals surface area contributed by atoms with Crippen LogP contribution in [-0.4, -0.2) is 22.2 Å². The molecule has 0 aromatic carbocycles. The SMILES string of the molecule is CC(c1ccnc(CC(=O)O)c1)C(F)(F)F. The standard InChI is InChI=1S/C10H10F3NO2/c1-6(10(11,12)13)7-2-3-14-8(4-7)5-9(15)16/h2-4,6H,5H2,1H3,(H,15,16). The molecular weight excluding hydrogens is 223 g/mol. The Balaban J connectivity index is 2.94. The molecule has 0 amide bonds. The summed E-state index contributed by atoms with van der Waals surface area (Å²) >= 11 is 0. The summed E-state index contributed by atoms with van der Waals surface area (Å²) in [6, 6.07) is 2.41. The van der Waals surface area contributed by atoms with Crippen LogP contribution >= 0.6 is 0 Å². The van der Waals surface area contributed by atoms with Crippen LogP contribution in [0.25, 0.3) is 0 Å². The number of carbonyl (C=O) groups is 1. The zero-order valence-electron chi connectivity index (χ0n) is 8.45. The molecule has 0 saturated carbocycles. The maximum absolute atomic E-state index is 12.4. The average molecular weight is 233 g/mol. The fourth-order valence-corrected chi connectivity index (χ4v) is 1.21. The number of aliphatic carboxylic acids is 1. The zero-order chi connectivity index (χ0) is 12.3. The highest BCUT2D eigenvalue weighted by Gasteiger charge is 2.37. The van der Waals surface area contributed by atoms with E-state index in [1.807, 2.05) is 0 Å². The van der Waals surface area contributed by atoms with Gasteiger partial charge in [-0.15, -0.1) is 0 Å². The number of hydrogen-bond acceptors (Lipinski definition) is 2. The van der Waals surface area contributed by atoms with Gasteiger partial charge in [-0.2, -0.15) is 13.2 Å². The molecule has 0 bridgehead atoms. The second-order valence-electron chi connectivity index (χ2n) is 3.41. The monoisotopic (exact) mass is 233 g/mol. The Bertz CT molecular complexity index is 390. The fraction of sp³-hybridized carbons (Fsp3) is 0.400. The van der Waals surface area contributed by atoms with Crippen LogP contribution in [0.1, 0.15) is 24.1 Å². The maximum atomic E-state index is 12.4. The lowest BCUT2D eigenvalue weighted by Gasteiger charge is -2.16. The molecule has 0 aliphatic rings. The predicted molar refractivity (Wildman–Crippen MR) is 50.0 cm³/mol. The van der Waals surface area contributed by atoms with Crippen molar-refractivity contribution < 1.29 is 23.1 Å². The van der Waals surface area contributed by atoms with Crippen LogP contribution in [0.3, 0.4) is 0 Å². The third kappa shape index (κ3) is 3.22. The van der Waals surface area contributed by atoms with Crippen molar-refractivity contribution >= 4 is 5.97 Å². The van der Waals surface area contributed by atoms with E-state index in [-0.39, 0.29) is 17.7 Å². The summed E-state index contributed by atoms with van der Waals surface area (Å²) in [5, 5.41) is 8.49. The zero-order valence-corrected chi connectivity index (χ0v) is 8.45. The van der Waals surface area contributed by atoms with Gasteiger partial charge >= 0.3 is 12.1 Å². The number of halogens is 3. The van der Waals surface area contributed by atoms with Crippen molar-refractivity contribution in [3.8, 4) is 0 Å². The van der Waals surface area contributed by atoms with Gasteiger partial charge in [-0.3, -0.25) is 9.78 Å². The summed E-state index contributed by atoms with van der Waals surface area (Å²) in [6.07, 6.45) is -3.52. The largest absolute Gasteiger partial charge is 0.481 e. The lowest BCUT2D eigenvalue weighted by atomic mass is 10.0. The lowest BCUT2D eigenvalue weighted by Crippen LogP contribution is -2.18. The number of pyridine rings is 1. The fourth-order valence-electron chi connectivity index (χ4n) is 1.21. The second-order valence-corrected chi connectivity index (χ2v) is 3.41. The highest BCUT2D eigenvalue weighted by molar-refractivity contribution is 5.69. The Kier molecular flexibility index (Phi) is 3.51. The molecule has 0 aliphatic heterocycles. The Morgan fingerprint density at radius 3 is 2.69 bits per heavy atom. The van der Waals surface area contributed by atoms with Gasteiger partial charge in [0, 0.05) is 6.20 Å². The van der Waals surface area contributed by atoms with E-state index >= 15 is 0 Å². The van der Waals surface area contributed by atoms with E-state index in [0.717, 1.165) is 6.92 Å². The van der Waals surface area contributed by atoms with Gasteiger partial charge in [0.2, 0.25) is 0 Å². The van der Waals surface area contributed by atoms with Crippen molar-refractivity contribution in [2.24, 2.45) is 0 Å². The van der Waals surface area contributed by atoms with Crippen molar-refractivity contribution in [3.63, 3.8) is 0 Å². The van der Waals surface area contributed by atoms with Crippen LogP contribution < -0.4 is 0 Å². The molecule has 1 rings (SSSR count). The molecule has 88 valence electrons. The number of rotatable bonds is 3. The number of carboxylic acid groups (broad SMARTS) is 1. The van der Waals surface area contributed by atoms with Crippen LogP contribution in [0.4, 0.5) is 13.2 Å². The van der Waals surface area contributed by atoms with Gasteiger partial charge in [-0.1, -0.05) is 0 Å². The Morgan fingerprint density at radius 2 is 2.19 bits per heavy atom. The topological polar surface area (TPSA) is 50.2 Å². The molecule has 0 fully saturated rings. The molecule has 0 saturated heterocycles. The van der Waals surface area contributed by atoms with E-state index in [1.54, 1.807) is 0 Å². The third-order valence-electron chi connectivity index (χ3n) is 2.16. The molecule has 1 aromatic heterocycles. The van der Waals surface area contributed by atoms with Gasteiger partial charge in [-0.25, -0.2) is 0 Å². The lowest BCUT2D eigenvalue weighted by molar-refractivity contribution is -0.146. The Morgan fingerprint density at radius 1 is 1.56 bits per heavy atom. The smallest absolute Gasteiger partial charge is 0.395 e. The first-order chi connectivity index (χ1) is 7.30. The summed E-state index contributed by atoms with van der Waals surface area (Å²) in [5.41, 5.74) is 0.153. The van der Waals surface area contributed by atoms with Crippen LogP contribution in [0, 0.1) is 0 Å². The van der Waals surface area contributed by atoms with Crippen molar-refractivity contribution in [1.29, 1.82) is 0 Å².